The van der Waals surface area contributed by atoms with E-state index >= 15 is 0 Å². The lowest BCUT2D eigenvalue weighted by Gasteiger charge is -2.12. The molecule has 1 saturated heterocycles. The Balaban J connectivity index is 2.09. The number of carbonyl (C=O) groups excluding carboxylic acids is 1. The summed E-state index contributed by atoms with van der Waals surface area (Å²) >= 11 is 0. The summed E-state index contributed by atoms with van der Waals surface area (Å²) in [5, 5.41) is 2.13. The van der Waals surface area contributed by atoms with Gasteiger partial charge in [0, 0.05) is 11.6 Å². The van der Waals surface area contributed by atoms with Gasteiger partial charge in [-0.1, -0.05) is 0 Å². The number of rotatable bonds is 4. The van der Waals surface area contributed by atoms with E-state index < -0.39 is 30.8 Å². The van der Waals surface area contributed by atoms with Gasteiger partial charge in [-0.2, -0.15) is 0 Å². The Bertz CT molecular complexity index is 764. The molecule has 1 amide bonds. The number of hydrogen-bond donors (Lipinski definition) is 1. The minimum absolute atomic E-state index is 0.0431. The average Bonchev–Trinajstić information content (AvgIpc) is 2.77. The van der Waals surface area contributed by atoms with E-state index in [-0.39, 0.29) is 22.4 Å². The molecule has 122 valence electrons. The number of carbonyl (C=O) groups is 1. The lowest BCUT2D eigenvalue weighted by atomic mass is 10.2. The second-order valence-electron chi connectivity index (χ2n) is 5.69. The molecule has 1 aliphatic heterocycles. The normalized spacial score (nSPS) is 21.0. The van der Waals surface area contributed by atoms with Crippen molar-refractivity contribution < 1.29 is 21.6 Å². The predicted octanol–water partition coefficient (Wildman–Crippen LogP) is 0.786. The van der Waals surface area contributed by atoms with E-state index in [4.69, 9.17) is 0 Å². The van der Waals surface area contributed by atoms with Gasteiger partial charge in [-0.15, -0.1) is 0 Å². The van der Waals surface area contributed by atoms with Crippen molar-refractivity contribution in [1.82, 2.24) is 5.32 Å². The topological polar surface area (TPSA) is 97.4 Å². The number of amides is 1. The molecule has 1 aliphatic rings. The van der Waals surface area contributed by atoms with Crippen LogP contribution in [-0.4, -0.2) is 45.5 Å². The molecule has 1 unspecified atom stereocenters. The zero-order valence-corrected chi connectivity index (χ0v) is 14.1. The fraction of sp³-hybridized carbons (Fsp3) is 0.500. The van der Waals surface area contributed by atoms with Crippen LogP contribution in [0.4, 0.5) is 0 Å². The van der Waals surface area contributed by atoms with Crippen LogP contribution in [-0.2, 0) is 19.7 Å². The molecule has 6 nitrogen and oxygen atoms in total. The average molecular weight is 345 g/mol. The van der Waals surface area contributed by atoms with Crippen LogP contribution in [0.1, 0.15) is 30.6 Å². The third-order valence-electron chi connectivity index (χ3n) is 3.63. The molecule has 0 saturated carbocycles. The molecule has 0 radical (unpaired) electrons. The molecular formula is C14H19NO5S2. The van der Waals surface area contributed by atoms with E-state index in [0.717, 1.165) is 0 Å². The van der Waals surface area contributed by atoms with Crippen molar-refractivity contribution in [2.24, 2.45) is 0 Å². The summed E-state index contributed by atoms with van der Waals surface area (Å²) in [4.78, 5) is 12.2. The van der Waals surface area contributed by atoms with Crippen LogP contribution in [0.15, 0.2) is 29.2 Å². The van der Waals surface area contributed by atoms with E-state index in [2.05, 4.69) is 5.32 Å². The summed E-state index contributed by atoms with van der Waals surface area (Å²) in [6.45, 7) is 3.19. The van der Waals surface area contributed by atoms with Crippen molar-refractivity contribution >= 4 is 25.6 Å². The predicted molar refractivity (Wildman–Crippen MR) is 83.3 cm³/mol. The van der Waals surface area contributed by atoms with Gasteiger partial charge in [0.05, 0.1) is 21.7 Å². The molecule has 1 N–H and O–H groups in total. The fourth-order valence-electron chi connectivity index (χ4n) is 2.25. The first-order chi connectivity index (χ1) is 10.1. The van der Waals surface area contributed by atoms with Gasteiger partial charge >= 0.3 is 0 Å². The monoisotopic (exact) mass is 345 g/mol. The first kappa shape index (κ1) is 17.0. The molecule has 22 heavy (non-hydrogen) atoms. The largest absolute Gasteiger partial charge is 0.348 e. The minimum Gasteiger partial charge on any atom is -0.348 e. The second kappa shape index (κ2) is 6.00. The van der Waals surface area contributed by atoms with E-state index in [9.17, 15) is 21.6 Å². The van der Waals surface area contributed by atoms with Crippen molar-refractivity contribution in [3.8, 4) is 0 Å². The smallest absolute Gasteiger partial charge is 0.251 e. The van der Waals surface area contributed by atoms with Gasteiger partial charge in [0.1, 0.15) is 0 Å². The van der Waals surface area contributed by atoms with Crippen molar-refractivity contribution in [2.45, 2.75) is 36.5 Å². The zero-order valence-electron chi connectivity index (χ0n) is 12.4. The number of benzene rings is 1. The molecule has 1 fully saturated rings. The van der Waals surface area contributed by atoms with Crippen LogP contribution < -0.4 is 5.32 Å². The number of hydrogen-bond acceptors (Lipinski definition) is 5. The van der Waals surface area contributed by atoms with Gasteiger partial charge in [-0.05, 0) is 44.5 Å². The standard InChI is InChI=1S/C14H19NO5S2/c1-10(2)22(19,20)13-5-3-11(4-6-13)14(16)15-12-7-8-21(17,18)9-12/h3-6,10,12H,7-9H2,1-2H3,(H,15,16). The summed E-state index contributed by atoms with van der Waals surface area (Å²) in [7, 11) is -6.42. The van der Waals surface area contributed by atoms with E-state index in [1.165, 1.54) is 24.3 Å². The van der Waals surface area contributed by atoms with Crippen molar-refractivity contribution in [1.29, 1.82) is 0 Å². The van der Waals surface area contributed by atoms with E-state index in [1.54, 1.807) is 13.8 Å². The Morgan fingerprint density at radius 3 is 2.27 bits per heavy atom. The lowest BCUT2D eigenvalue weighted by Crippen LogP contribution is -2.35. The third kappa shape index (κ3) is 3.67. The molecule has 8 heteroatoms. The molecule has 0 bridgehead atoms. The van der Waals surface area contributed by atoms with Gasteiger partial charge in [-0.25, -0.2) is 16.8 Å². The highest BCUT2D eigenvalue weighted by atomic mass is 32.2. The van der Waals surface area contributed by atoms with Crippen LogP contribution >= 0.6 is 0 Å². The van der Waals surface area contributed by atoms with Gasteiger partial charge < -0.3 is 5.32 Å². The van der Waals surface area contributed by atoms with Crippen molar-refractivity contribution in [3.63, 3.8) is 0 Å². The first-order valence-electron chi connectivity index (χ1n) is 6.97. The Morgan fingerprint density at radius 2 is 1.82 bits per heavy atom. The van der Waals surface area contributed by atoms with Gasteiger partial charge in [-0.3, -0.25) is 4.79 Å². The highest BCUT2D eigenvalue weighted by Crippen LogP contribution is 2.17. The Kier molecular flexibility index (Phi) is 4.62. The van der Waals surface area contributed by atoms with Crippen molar-refractivity contribution in [2.75, 3.05) is 11.5 Å². The summed E-state index contributed by atoms with van der Waals surface area (Å²) in [6.07, 6.45) is 0.411. The summed E-state index contributed by atoms with van der Waals surface area (Å²) in [5.74, 6) is -0.349. The van der Waals surface area contributed by atoms with E-state index in [1.807, 2.05) is 0 Å². The third-order valence-corrected chi connectivity index (χ3v) is 7.57. The molecule has 1 aromatic carbocycles. The lowest BCUT2D eigenvalue weighted by molar-refractivity contribution is 0.0941. The molecule has 1 aromatic rings. The van der Waals surface area contributed by atoms with Crippen LogP contribution in [0.3, 0.4) is 0 Å². The van der Waals surface area contributed by atoms with Gasteiger partial charge in [0.2, 0.25) is 0 Å². The fourth-order valence-corrected chi connectivity index (χ4v) is 4.98. The summed E-state index contributed by atoms with van der Waals surface area (Å²) in [6, 6.07) is 5.30. The molecule has 0 aromatic heterocycles. The molecule has 0 spiro atoms. The quantitative estimate of drug-likeness (QED) is 0.870. The van der Waals surface area contributed by atoms with Crippen molar-refractivity contribution in [3.05, 3.63) is 29.8 Å². The Labute approximate surface area is 130 Å². The molecule has 1 atom stereocenters. The minimum atomic E-state index is -3.37. The van der Waals surface area contributed by atoms with Gasteiger partial charge in [0.25, 0.3) is 5.91 Å². The number of sulfone groups is 2. The second-order valence-corrected chi connectivity index (χ2v) is 10.4. The Morgan fingerprint density at radius 1 is 1.23 bits per heavy atom. The molecular weight excluding hydrogens is 326 g/mol. The highest BCUT2D eigenvalue weighted by Gasteiger charge is 2.29. The highest BCUT2D eigenvalue weighted by molar-refractivity contribution is 7.92. The Hall–Kier alpha value is -1.41. The molecule has 1 heterocycles. The maximum absolute atomic E-state index is 12.1. The maximum Gasteiger partial charge on any atom is 0.251 e. The van der Waals surface area contributed by atoms with E-state index in [0.29, 0.717) is 12.0 Å². The first-order valence-corrected chi connectivity index (χ1v) is 10.3. The van der Waals surface area contributed by atoms with Crippen LogP contribution in [0.2, 0.25) is 0 Å². The summed E-state index contributed by atoms with van der Waals surface area (Å²) in [5.41, 5.74) is 0.312. The SMILES string of the molecule is CC(C)S(=O)(=O)c1ccc(C(=O)NC2CCS(=O)(=O)C2)cc1. The van der Waals surface area contributed by atoms with Gasteiger partial charge in [0.15, 0.2) is 19.7 Å². The van der Waals surface area contributed by atoms with Crippen LogP contribution in [0, 0.1) is 0 Å². The summed E-state index contributed by atoms with van der Waals surface area (Å²) < 4.78 is 46.7. The molecule has 2 rings (SSSR count). The zero-order chi connectivity index (χ0) is 16.5. The van der Waals surface area contributed by atoms with Crippen LogP contribution in [0.25, 0.3) is 0 Å². The van der Waals surface area contributed by atoms with Crippen LogP contribution in [0.5, 0.6) is 0 Å². The maximum atomic E-state index is 12.1. The molecule has 0 aliphatic carbocycles. The number of nitrogens with one attached hydrogen (secondary N) is 1.